The maximum absolute atomic E-state index is 12.8. The van der Waals surface area contributed by atoms with E-state index in [2.05, 4.69) is 47.6 Å². The van der Waals surface area contributed by atoms with Crippen molar-refractivity contribution in [3.8, 4) is 0 Å². The monoisotopic (exact) mass is 1410 g/mol. The minimum atomic E-state index is -1.26. The lowest BCUT2D eigenvalue weighted by Gasteiger charge is -2.72. The molecule has 0 radical (unpaired) electrons. The van der Waals surface area contributed by atoms with Gasteiger partial charge in [-0.05, 0) is 107 Å². The third-order valence-corrected chi connectivity index (χ3v) is 14.7. The van der Waals surface area contributed by atoms with E-state index in [4.69, 9.17) is 9.47 Å². The Balaban J connectivity index is -0.0000000567. The van der Waals surface area contributed by atoms with Crippen molar-refractivity contribution in [1.29, 1.82) is 0 Å². The Labute approximate surface area is 624 Å². The molecular weight excluding hydrogens is 1200 g/mol. The van der Waals surface area contributed by atoms with Crippen LogP contribution < -0.4 is 0 Å². The third kappa shape index (κ3) is 52.6. The molecule has 97 heavy (non-hydrogen) atoms. The van der Waals surface area contributed by atoms with Gasteiger partial charge in [0.1, 0.15) is 12.2 Å². The van der Waals surface area contributed by atoms with E-state index in [1.807, 2.05) is 360 Å². The SMILES string of the molecule is CC.CC.CC.CC.CC.CC.CC.CC.CC.CC.CC.CC.CC.CC.CC.CC.CC.CC.CC.CC.CC.CC.CC.CC(C)=CC(=O)OC[C@]1(C)C2CC[C@]3(C)C(CC=C4C5CC(C)(C)[C@@H](OC(=O)C=C(C)C)[C@H](O)[C@]5(CO)[C@H](O)C[C@]43C)[C@@]2(C)CC[C@@H]1O.CCC. The number of allylic oxidation sites excluding steroid dienone is 4. The van der Waals surface area contributed by atoms with Crippen LogP contribution in [0.25, 0.3) is 0 Å². The van der Waals surface area contributed by atoms with Crippen molar-refractivity contribution in [3.63, 3.8) is 0 Å². The van der Waals surface area contributed by atoms with Gasteiger partial charge in [-0.3, -0.25) is 0 Å². The van der Waals surface area contributed by atoms with Crippen molar-refractivity contribution in [2.75, 3.05) is 13.2 Å². The molecule has 5 aliphatic rings. The fourth-order valence-electron chi connectivity index (χ4n) is 12.0. The van der Waals surface area contributed by atoms with Gasteiger partial charge in [0.15, 0.2) is 0 Å². The van der Waals surface area contributed by atoms with Gasteiger partial charge in [-0.1, -0.05) is 403 Å². The third-order valence-electron chi connectivity index (χ3n) is 14.7. The first-order valence-electron chi connectivity index (χ1n) is 42.6. The van der Waals surface area contributed by atoms with Gasteiger partial charge in [0.05, 0.1) is 30.8 Å². The highest BCUT2D eigenvalue weighted by Gasteiger charge is 2.73. The Morgan fingerprint density at radius 3 is 1.06 bits per heavy atom. The lowest BCUT2D eigenvalue weighted by molar-refractivity contribution is -0.262. The van der Waals surface area contributed by atoms with Gasteiger partial charge < -0.3 is 29.9 Å². The summed E-state index contributed by atoms with van der Waals surface area (Å²) in [5, 5.41) is 46.9. The fraction of sp³-hybridized carbons (Fsp3) is 0.910. The number of esters is 2. The summed E-state index contributed by atoms with van der Waals surface area (Å²) in [6, 6.07) is 0. The van der Waals surface area contributed by atoms with Crippen molar-refractivity contribution in [2.24, 2.45) is 50.2 Å². The summed E-state index contributed by atoms with van der Waals surface area (Å²) in [6.07, 6.45) is 7.81. The molecule has 8 nitrogen and oxygen atoms in total. The second-order valence-corrected chi connectivity index (χ2v) is 19.2. The lowest BCUT2D eigenvalue weighted by atomic mass is 9.33. The van der Waals surface area contributed by atoms with Crippen molar-refractivity contribution in [1.82, 2.24) is 0 Å². The minimum Gasteiger partial charge on any atom is -0.462 e. The molecule has 0 aromatic heterocycles. The highest BCUT2D eigenvalue weighted by atomic mass is 16.6. The smallest absolute Gasteiger partial charge is 0.331 e. The normalized spacial score (nSPS) is 24.4. The van der Waals surface area contributed by atoms with Crippen LogP contribution in [-0.4, -0.2) is 70.0 Å². The quantitative estimate of drug-likeness (QED) is 0.117. The van der Waals surface area contributed by atoms with E-state index in [1.165, 1.54) is 24.1 Å². The first-order chi connectivity index (χ1) is 46.5. The van der Waals surface area contributed by atoms with Crippen LogP contribution in [0.2, 0.25) is 0 Å². The van der Waals surface area contributed by atoms with Gasteiger partial charge in [0.2, 0.25) is 0 Å². The van der Waals surface area contributed by atoms with Gasteiger partial charge >= 0.3 is 11.9 Å². The van der Waals surface area contributed by atoms with E-state index < -0.39 is 58.7 Å². The Kier molecular flexibility index (Phi) is 173. The summed E-state index contributed by atoms with van der Waals surface area (Å²) in [5.74, 6) is -0.796. The number of fused-ring (bicyclic) bond motifs is 7. The average molecular weight is 1410 g/mol. The van der Waals surface area contributed by atoms with Crippen LogP contribution in [0.3, 0.4) is 0 Å². The van der Waals surface area contributed by atoms with Crippen molar-refractivity contribution < 1.29 is 39.5 Å². The van der Waals surface area contributed by atoms with Crippen LogP contribution in [0.4, 0.5) is 0 Å². The molecule has 5 rings (SSSR count). The average Bonchev–Trinajstić information content (AvgIpc) is 0.675. The highest BCUT2D eigenvalue weighted by molar-refractivity contribution is 5.83. The van der Waals surface area contributed by atoms with Crippen LogP contribution in [0.15, 0.2) is 34.9 Å². The Morgan fingerprint density at radius 2 is 0.763 bits per heavy atom. The first-order valence-corrected chi connectivity index (χ1v) is 42.6. The molecule has 4 N–H and O–H groups in total. The summed E-state index contributed by atoms with van der Waals surface area (Å²) in [4.78, 5) is 25.4. The molecular formula is C89H208O8. The van der Waals surface area contributed by atoms with E-state index in [-0.39, 0.29) is 41.2 Å². The summed E-state index contributed by atoms with van der Waals surface area (Å²) in [5.41, 5.74) is -0.327. The molecule has 0 aromatic carbocycles. The van der Waals surface area contributed by atoms with E-state index in [1.54, 1.807) is 0 Å². The van der Waals surface area contributed by atoms with Gasteiger partial charge in [0, 0.05) is 23.0 Å². The number of carbonyl (C=O) groups excluding carboxylic acids is 2. The molecule has 4 fully saturated rings. The molecule has 3 unspecified atom stereocenters. The highest BCUT2D eigenvalue weighted by Crippen LogP contribution is 2.76. The molecule has 4 saturated carbocycles. The Hall–Kier alpha value is -2.00. The topological polar surface area (TPSA) is 134 Å². The molecule has 0 aliphatic heterocycles. The second-order valence-electron chi connectivity index (χ2n) is 19.2. The Morgan fingerprint density at radius 1 is 0.454 bits per heavy atom. The van der Waals surface area contributed by atoms with E-state index in [0.29, 0.717) is 19.3 Å². The maximum Gasteiger partial charge on any atom is 0.331 e. The summed E-state index contributed by atoms with van der Waals surface area (Å²) >= 11 is 0. The van der Waals surface area contributed by atoms with Crippen molar-refractivity contribution in [2.45, 2.75) is 477 Å². The van der Waals surface area contributed by atoms with Gasteiger partial charge in [0.25, 0.3) is 0 Å². The van der Waals surface area contributed by atoms with Gasteiger partial charge in [-0.15, -0.1) is 0 Å². The molecule has 8 heteroatoms. The summed E-state index contributed by atoms with van der Waals surface area (Å²) in [7, 11) is 0. The molecule has 0 saturated heterocycles. The van der Waals surface area contributed by atoms with E-state index >= 15 is 0 Å². The predicted molar refractivity (Wildman–Crippen MR) is 461 cm³/mol. The van der Waals surface area contributed by atoms with Crippen molar-refractivity contribution in [3.05, 3.63) is 34.9 Å². The molecule has 0 bridgehead atoms. The van der Waals surface area contributed by atoms with E-state index in [0.717, 1.165) is 36.8 Å². The number of rotatable bonds is 6. The number of hydrogen-bond acceptors (Lipinski definition) is 8. The zero-order chi connectivity index (χ0) is 84.5. The van der Waals surface area contributed by atoms with Gasteiger partial charge in [-0.2, -0.15) is 0 Å². The number of aliphatic hydroxyl groups excluding tert-OH is 4. The zero-order valence-corrected chi connectivity index (χ0v) is 79.8. The van der Waals surface area contributed by atoms with E-state index in [9.17, 15) is 30.0 Å². The Bertz CT molecular complexity index is 1410. The molecule has 12 atom stereocenters. The van der Waals surface area contributed by atoms with Crippen LogP contribution >= 0.6 is 0 Å². The van der Waals surface area contributed by atoms with Crippen LogP contribution in [0.1, 0.15) is 453 Å². The van der Waals surface area contributed by atoms with Crippen LogP contribution in [-0.2, 0) is 19.1 Å². The fourth-order valence-corrected chi connectivity index (χ4v) is 12.0. The summed E-state index contributed by atoms with van der Waals surface area (Å²) in [6.45, 7) is 117. The predicted octanol–water partition coefficient (Wildman–Crippen LogP) is 31.1. The summed E-state index contributed by atoms with van der Waals surface area (Å²) < 4.78 is 11.7. The maximum atomic E-state index is 12.8. The second kappa shape index (κ2) is 113. The first kappa shape index (κ1) is 149. The number of aliphatic hydroxyl groups is 4. The number of ether oxygens (including phenoxy) is 2. The minimum absolute atomic E-state index is 0.138. The largest absolute Gasteiger partial charge is 0.462 e. The molecule has 0 aromatic rings. The van der Waals surface area contributed by atoms with Gasteiger partial charge in [-0.25, -0.2) is 9.59 Å². The zero-order valence-electron chi connectivity index (χ0n) is 79.8. The molecule has 0 spiro atoms. The van der Waals surface area contributed by atoms with Crippen molar-refractivity contribution >= 4 is 11.9 Å². The number of carbonyl (C=O) groups is 2. The standard InChI is InChI=1S/C40H62O8.C3H8.23C2H6/c1-23(2)17-31(44)47-22-37(8)27-13-16-38(9)28(36(27,7)15-14-29(37)42)12-11-25-26-19-35(5,6)34(48-32(45)18-24(3)4)33(46)40(26,21-41)30(43)20-39(25,38)10;1-3-2;23*1-2/h11,17-18,26-30,33-34,41-43,46H,12-16,19-22H2,1-10H3;3H2,1-2H3;23*1-2H3/t26?,27?,28?,29-,30+,33-,34-,36-,37+,38+,39+,40-;;;;;;;;;;;;;;;;;;;;;;;;/m0......................../s1. The lowest BCUT2D eigenvalue weighted by Crippen LogP contribution is -2.72. The van der Waals surface area contributed by atoms with Crippen LogP contribution in [0.5, 0.6) is 0 Å². The molecule has 0 heterocycles. The molecule has 0 amide bonds. The number of hydrogen-bond donors (Lipinski definition) is 4. The molecule has 612 valence electrons. The molecule has 5 aliphatic carbocycles. The van der Waals surface area contributed by atoms with Crippen LogP contribution in [0, 0.1) is 50.2 Å².